The minimum absolute atomic E-state index is 0.285. The molecule has 3 N–H and O–H groups in total. The Hall–Kier alpha value is -3.95. The molecule has 5 rings (SSSR count). The maximum atomic E-state index is 12.3. The molecular weight excluding hydrogens is 489 g/mol. The van der Waals surface area contributed by atoms with E-state index in [0.29, 0.717) is 16.5 Å². The summed E-state index contributed by atoms with van der Waals surface area (Å²) >= 11 is 0. The van der Waals surface area contributed by atoms with E-state index in [4.69, 9.17) is 0 Å². The van der Waals surface area contributed by atoms with Crippen molar-refractivity contribution in [2.45, 2.75) is 25.7 Å². The molecule has 4 aromatic carbocycles. The first kappa shape index (κ1) is 25.7. The molecule has 0 unspecified atom stereocenters. The van der Waals surface area contributed by atoms with Crippen molar-refractivity contribution in [2.24, 2.45) is 0 Å². The molecule has 5 aromatic rings. The Morgan fingerprint density at radius 2 is 1.08 bits per heavy atom. The monoisotopic (exact) mass is 523 g/mol. The van der Waals surface area contributed by atoms with Crippen LogP contribution in [-0.2, 0) is 0 Å². The number of hydrogen-bond donors (Lipinski definition) is 3. The molecular formula is C32H34N3O2P. The van der Waals surface area contributed by atoms with Gasteiger partial charge < -0.3 is 0 Å². The van der Waals surface area contributed by atoms with Crippen LogP contribution in [0.4, 0.5) is 5.69 Å². The SMILES string of the molecule is O=c1[nH][nH]c(=O)c2c(NCCCCCC[PH](c3ccccc3)(c3ccccc3)c3ccccc3)cccc12. The molecule has 0 aliphatic rings. The Morgan fingerprint density at radius 3 is 1.66 bits per heavy atom. The average molecular weight is 524 g/mol. The molecule has 1 heterocycles. The molecule has 0 bridgehead atoms. The van der Waals surface area contributed by atoms with Gasteiger partial charge in [0.2, 0.25) is 0 Å². The van der Waals surface area contributed by atoms with Gasteiger partial charge in [0.15, 0.2) is 0 Å². The van der Waals surface area contributed by atoms with Gasteiger partial charge in [-0.1, -0.05) is 0 Å². The summed E-state index contributed by atoms with van der Waals surface area (Å²) in [5.74, 6) is 0. The van der Waals surface area contributed by atoms with Crippen molar-refractivity contribution < 1.29 is 0 Å². The molecule has 0 aliphatic heterocycles. The molecule has 194 valence electrons. The quantitative estimate of drug-likeness (QED) is 0.170. The molecule has 6 heteroatoms. The standard InChI is InChI=1S/C32H34N3O2P/c36-31-28-21-14-22-29(30(28)32(37)35-34-31)33-23-12-1-2-13-24-38(25-15-6-3-7-16-25,26-17-8-4-9-18-26)27-19-10-5-11-20-27/h3-11,14-22,33,38H,1-2,12-13,23-24H2,(H,34,36)(H,35,37). The van der Waals surface area contributed by atoms with Crippen molar-refractivity contribution in [3.63, 3.8) is 0 Å². The van der Waals surface area contributed by atoms with Gasteiger partial charge in [-0.05, 0) is 0 Å². The zero-order chi connectivity index (χ0) is 26.2. The van der Waals surface area contributed by atoms with Gasteiger partial charge >= 0.3 is 223 Å². The van der Waals surface area contributed by atoms with Gasteiger partial charge in [-0.15, -0.1) is 0 Å². The predicted octanol–water partition coefficient (Wildman–Crippen LogP) is 4.92. The van der Waals surface area contributed by atoms with Crippen LogP contribution in [0, 0.1) is 0 Å². The van der Waals surface area contributed by atoms with Crippen LogP contribution in [0.1, 0.15) is 25.7 Å². The summed E-state index contributed by atoms with van der Waals surface area (Å²) in [6, 6.07) is 38.5. The molecule has 1 aromatic heterocycles. The van der Waals surface area contributed by atoms with E-state index < -0.39 is 7.26 Å². The van der Waals surface area contributed by atoms with E-state index in [1.165, 1.54) is 15.9 Å². The molecule has 0 atom stereocenters. The fourth-order valence-electron chi connectivity index (χ4n) is 5.57. The number of aromatic nitrogens is 2. The summed E-state index contributed by atoms with van der Waals surface area (Å²) < 4.78 is 0. The van der Waals surface area contributed by atoms with Gasteiger partial charge in [-0.2, -0.15) is 0 Å². The normalized spacial score (nSPS) is 11.9. The second-order valence-corrected chi connectivity index (χ2v) is 13.8. The Balaban J connectivity index is 1.27. The fraction of sp³-hybridized carbons (Fsp3) is 0.188. The van der Waals surface area contributed by atoms with Crippen LogP contribution < -0.4 is 32.3 Å². The van der Waals surface area contributed by atoms with Gasteiger partial charge in [0.25, 0.3) is 0 Å². The van der Waals surface area contributed by atoms with E-state index in [2.05, 4.69) is 107 Å². The fourth-order valence-corrected chi connectivity index (χ4v) is 10.5. The third kappa shape index (κ3) is 5.34. The number of fused-ring (bicyclic) bond motifs is 1. The molecule has 0 fully saturated rings. The van der Waals surface area contributed by atoms with Gasteiger partial charge in [-0.3, -0.25) is 0 Å². The number of hydrogen-bond acceptors (Lipinski definition) is 3. The topological polar surface area (TPSA) is 77.8 Å². The molecule has 0 aliphatic carbocycles. The Morgan fingerprint density at radius 1 is 0.553 bits per heavy atom. The summed E-state index contributed by atoms with van der Waals surface area (Å²) in [4.78, 5) is 24.4. The number of benzene rings is 4. The Labute approximate surface area is 223 Å². The van der Waals surface area contributed by atoms with Crippen molar-refractivity contribution in [3.8, 4) is 0 Å². The van der Waals surface area contributed by atoms with Gasteiger partial charge in [-0.25, -0.2) is 0 Å². The van der Waals surface area contributed by atoms with Crippen LogP contribution in [0.3, 0.4) is 0 Å². The van der Waals surface area contributed by atoms with Gasteiger partial charge in [0.05, 0.1) is 0 Å². The van der Waals surface area contributed by atoms with Crippen LogP contribution in [0.25, 0.3) is 10.8 Å². The van der Waals surface area contributed by atoms with Crippen molar-refractivity contribution >= 4 is 39.6 Å². The Bertz CT molecular complexity index is 1490. The molecule has 38 heavy (non-hydrogen) atoms. The molecule has 0 radical (unpaired) electrons. The number of anilines is 1. The number of rotatable bonds is 11. The van der Waals surface area contributed by atoms with Crippen molar-refractivity contribution in [2.75, 3.05) is 18.0 Å². The van der Waals surface area contributed by atoms with Crippen molar-refractivity contribution in [1.82, 2.24) is 10.2 Å². The van der Waals surface area contributed by atoms with Crippen LogP contribution in [-0.4, -0.2) is 22.9 Å². The van der Waals surface area contributed by atoms with Crippen molar-refractivity contribution in [3.05, 3.63) is 130 Å². The summed E-state index contributed by atoms with van der Waals surface area (Å²) in [6.07, 6.45) is 5.53. The third-order valence-electron chi connectivity index (χ3n) is 7.42. The first-order valence-corrected chi connectivity index (χ1v) is 15.5. The maximum absolute atomic E-state index is 12.3. The van der Waals surface area contributed by atoms with E-state index in [1.54, 1.807) is 12.1 Å². The Kier molecular flexibility index (Phi) is 8.15. The number of H-pyrrole nitrogens is 2. The second kappa shape index (κ2) is 12.1. The molecule has 5 nitrogen and oxygen atoms in total. The summed E-state index contributed by atoms with van der Waals surface area (Å²) in [7, 11) is -2.17. The zero-order valence-corrected chi connectivity index (χ0v) is 22.5. The first-order valence-electron chi connectivity index (χ1n) is 13.3. The van der Waals surface area contributed by atoms with E-state index in [-0.39, 0.29) is 11.1 Å². The summed E-state index contributed by atoms with van der Waals surface area (Å²) in [5.41, 5.74) is 0.136. The summed E-state index contributed by atoms with van der Waals surface area (Å²) in [5, 5.41) is 13.4. The molecule has 0 saturated heterocycles. The molecule has 0 saturated carbocycles. The second-order valence-electron chi connectivity index (χ2n) is 9.73. The predicted molar refractivity (Wildman–Crippen MR) is 164 cm³/mol. The molecule has 0 spiro atoms. The number of unbranched alkanes of at least 4 members (excludes halogenated alkanes) is 3. The number of aromatic amines is 2. The minimum atomic E-state index is -2.17. The zero-order valence-electron chi connectivity index (χ0n) is 21.5. The van der Waals surface area contributed by atoms with Crippen LogP contribution in [0.2, 0.25) is 0 Å². The van der Waals surface area contributed by atoms with E-state index in [9.17, 15) is 9.59 Å². The van der Waals surface area contributed by atoms with Crippen LogP contribution >= 0.6 is 7.26 Å². The third-order valence-corrected chi connectivity index (χ3v) is 12.5. The number of nitrogens with one attached hydrogen (secondary N) is 3. The first-order chi connectivity index (χ1) is 18.7. The van der Waals surface area contributed by atoms with Gasteiger partial charge in [0.1, 0.15) is 0 Å². The summed E-state index contributed by atoms with van der Waals surface area (Å²) in [6.45, 7) is 0.754. The van der Waals surface area contributed by atoms with E-state index in [0.717, 1.165) is 38.4 Å². The van der Waals surface area contributed by atoms with E-state index >= 15 is 0 Å². The van der Waals surface area contributed by atoms with E-state index in [1.807, 2.05) is 6.07 Å². The average Bonchev–Trinajstić information content (AvgIpc) is 2.98. The van der Waals surface area contributed by atoms with Gasteiger partial charge in [0, 0.05) is 0 Å². The van der Waals surface area contributed by atoms with Crippen molar-refractivity contribution in [1.29, 1.82) is 0 Å². The van der Waals surface area contributed by atoms with Crippen LogP contribution in [0.5, 0.6) is 0 Å². The molecule has 0 amide bonds. The van der Waals surface area contributed by atoms with Crippen LogP contribution in [0.15, 0.2) is 119 Å².